The summed E-state index contributed by atoms with van der Waals surface area (Å²) in [4.78, 5) is 5.23. The molecule has 2 nitrogen and oxygen atoms in total. The Morgan fingerprint density at radius 1 is 0.818 bits per heavy atom. The SMILES string of the molecule is Cc1ccccc1P(c1ccccc1C)N1C(c2nc(-c3ccccc3)cs2)[C@@H]2CC[C@H]1C2. The van der Waals surface area contributed by atoms with E-state index in [0.29, 0.717) is 18.0 Å². The van der Waals surface area contributed by atoms with E-state index in [2.05, 4.69) is 103 Å². The normalized spacial score (nSPS) is 22.3. The molecule has 0 spiro atoms. The van der Waals surface area contributed by atoms with Crippen LogP contribution in [0.3, 0.4) is 0 Å². The molecule has 166 valence electrons. The predicted octanol–water partition coefficient (Wildman–Crippen LogP) is 7.00. The van der Waals surface area contributed by atoms with Crippen molar-refractivity contribution < 1.29 is 0 Å². The van der Waals surface area contributed by atoms with Gasteiger partial charge in [0.05, 0.1) is 11.7 Å². The molecular weight excluding hydrogens is 439 g/mol. The molecule has 2 fully saturated rings. The van der Waals surface area contributed by atoms with Crippen molar-refractivity contribution in [3.05, 3.63) is 100 Å². The van der Waals surface area contributed by atoms with Crippen LogP contribution in [0.1, 0.15) is 41.4 Å². The fourth-order valence-electron chi connectivity index (χ4n) is 5.71. The molecule has 0 radical (unpaired) electrons. The molecule has 6 rings (SSSR count). The van der Waals surface area contributed by atoms with Crippen molar-refractivity contribution in [2.45, 2.75) is 45.2 Å². The van der Waals surface area contributed by atoms with E-state index in [9.17, 15) is 0 Å². The van der Waals surface area contributed by atoms with Gasteiger partial charge in [-0.25, -0.2) is 4.98 Å². The van der Waals surface area contributed by atoms with Crippen molar-refractivity contribution >= 4 is 30.0 Å². The van der Waals surface area contributed by atoms with Crippen LogP contribution < -0.4 is 10.6 Å². The summed E-state index contributed by atoms with van der Waals surface area (Å²) in [5.41, 5.74) is 5.14. The zero-order valence-corrected chi connectivity index (χ0v) is 20.9. The van der Waals surface area contributed by atoms with Crippen molar-refractivity contribution in [3.63, 3.8) is 0 Å². The van der Waals surface area contributed by atoms with Crippen molar-refractivity contribution in [3.8, 4) is 11.3 Å². The fraction of sp³-hybridized carbons (Fsp3) is 0.276. The minimum absolute atomic E-state index is 0.413. The Kier molecular flexibility index (Phi) is 5.66. The highest BCUT2D eigenvalue weighted by Gasteiger charge is 2.51. The maximum atomic E-state index is 5.23. The van der Waals surface area contributed by atoms with E-state index in [1.54, 1.807) is 0 Å². The second-order valence-corrected chi connectivity index (χ2v) is 12.3. The first kappa shape index (κ1) is 21.2. The standard InChI is InChI=1S/C29H29N2PS/c1-20-10-6-8-14-26(20)32(27-15-9-7-11-21(27)2)31-24-17-16-23(18-24)28(31)29-30-25(19-33-29)22-12-4-3-5-13-22/h3-15,19,23-24,28H,16-18H2,1-2H3/t23-,24+,28?/m1/s1. The van der Waals surface area contributed by atoms with Crippen LogP contribution in [0.5, 0.6) is 0 Å². The molecule has 4 heteroatoms. The van der Waals surface area contributed by atoms with Crippen molar-refractivity contribution in [2.75, 3.05) is 0 Å². The van der Waals surface area contributed by atoms with Crippen LogP contribution in [0, 0.1) is 19.8 Å². The summed E-state index contributed by atoms with van der Waals surface area (Å²) >= 11 is 1.86. The second kappa shape index (κ2) is 8.80. The van der Waals surface area contributed by atoms with Crippen LogP contribution >= 0.6 is 19.4 Å². The lowest BCUT2D eigenvalue weighted by molar-refractivity contribution is 0.261. The first-order valence-corrected chi connectivity index (χ1v) is 14.1. The molecule has 1 saturated carbocycles. The van der Waals surface area contributed by atoms with Crippen molar-refractivity contribution in [2.24, 2.45) is 5.92 Å². The Labute approximate surface area is 202 Å². The summed E-state index contributed by atoms with van der Waals surface area (Å²) in [6.07, 6.45) is 3.95. The summed E-state index contributed by atoms with van der Waals surface area (Å²) in [5, 5.41) is 6.56. The van der Waals surface area contributed by atoms with Gasteiger partial charge < -0.3 is 0 Å². The molecule has 1 saturated heterocycles. The lowest BCUT2D eigenvalue weighted by Gasteiger charge is -2.41. The van der Waals surface area contributed by atoms with Crippen LogP contribution in [0.25, 0.3) is 11.3 Å². The third-order valence-corrected chi connectivity index (χ3v) is 11.2. The van der Waals surface area contributed by atoms with Crippen molar-refractivity contribution in [1.29, 1.82) is 0 Å². The molecule has 1 unspecified atom stereocenters. The van der Waals surface area contributed by atoms with E-state index in [4.69, 9.17) is 4.98 Å². The van der Waals surface area contributed by atoms with Crippen LogP contribution in [-0.4, -0.2) is 15.7 Å². The number of nitrogens with zero attached hydrogens (tertiary/aromatic N) is 2. The number of piperidine rings is 1. The van der Waals surface area contributed by atoms with E-state index >= 15 is 0 Å². The van der Waals surface area contributed by atoms with Crippen molar-refractivity contribution in [1.82, 2.24) is 9.65 Å². The Morgan fingerprint density at radius 2 is 1.45 bits per heavy atom. The number of rotatable bonds is 5. The highest BCUT2D eigenvalue weighted by atomic mass is 32.1. The van der Waals surface area contributed by atoms with Crippen LogP contribution in [0.2, 0.25) is 0 Å². The quantitative estimate of drug-likeness (QED) is 0.293. The van der Waals surface area contributed by atoms with Gasteiger partial charge in [0.15, 0.2) is 0 Å². The van der Waals surface area contributed by atoms with E-state index in [1.807, 2.05) is 11.3 Å². The highest BCUT2D eigenvalue weighted by Crippen LogP contribution is 2.60. The smallest absolute Gasteiger partial charge is 0.111 e. The average molecular weight is 469 g/mol. The third kappa shape index (κ3) is 3.77. The van der Waals surface area contributed by atoms with Gasteiger partial charge in [0, 0.05) is 25.1 Å². The maximum absolute atomic E-state index is 5.23. The summed E-state index contributed by atoms with van der Waals surface area (Å²) in [6.45, 7) is 4.56. The Balaban J connectivity index is 1.47. The Hall–Kier alpha value is -2.32. The predicted molar refractivity (Wildman–Crippen MR) is 142 cm³/mol. The van der Waals surface area contributed by atoms with Gasteiger partial charge in [-0.15, -0.1) is 11.3 Å². The van der Waals surface area contributed by atoms with E-state index < -0.39 is 8.07 Å². The minimum Gasteiger partial charge on any atom is -0.262 e. The molecule has 4 aromatic rings. The fourth-order valence-corrected chi connectivity index (χ4v) is 9.92. The topological polar surface area (TPSA) is 16.1 Å². The number of fused-ring (bicyclic) bond motifs is 2. The number of thiazole rings is 1. The van der Waals surface area contributed by atoms with Gasteiger partial charge in [-0.1, -0.05) is 78.9 Å². The summed E-state index contributed by atoms with van der Waals surface area (Å²) in [5.74, 6) is 0.711. The van der Waals surface area contributed by atoms with Crippen LogP contribution in [0.15, 0.2) is 84.2 Å². The molecule has 3 aromatic carbocycles. The number of benzene rings is 3. The van der Waals surface area contributed by atoms with E-state index in [0.717, 1.165) is 5.69 Å². The molecule has 0 amide bonds. The molecule has 2 aliphatic rings. The number of hydrogen-bond acceptors (Lipinski definition) is 3. The molecular formula is C29H29N2PS. The lowest BCUT2D eigenvalue weighted by Crippen LogP contribution is -2.38. The number of aromatic nitrogens is 1. The molecule has 0 N–H and O–H groups in total. The van der Waals surface area contributed by atoms with E-state index in [-0.39, 0.29) is 0 Å². The Bertz CT molecular complexity index is 1220. The van der Waals surface area contributed by atoms with Crippen LogP contribution in [0.4, 0.5) is 0 Å². The zero-order chi connectivity index (χ0) is 22.4. The number of hydrogen-bond donors (Lipinski definition) is 0. The zero-order valence-electron chi connectivity index (χ0n) is 19.2. The summed E-state index contributed by atoms with van der Waals surface area (Å²) in [7, 11) is -0.616. The first-order valence-electron chi connectivity index (χ1n) is 11.9. The lowest BCUT2D eigenvalue weighted by atomic mass is 10.0. The third-order valence-electron chi connectivity index (χ3n) is 7.31. The van der Waals surface area contributed by atoms with Gasteiger partial charge >= 0.3 is 0 Å². The summed E-state index contributed by atoms with van der Waals surface area (Å²) < 4.78 is 2.90. The minimum atomic E-state index is -0.616. The monoisotopic (exact) mass is 468 g/mol. The van der Waals surface area contributed by atoms with Gasteiger partial charge in [0.25, 0.3) is 0 Å². The molecule has 33 heavy (non-hydrogen) atoms. The van der Waals surface area contributed by atoms with Gasteiger partial charge in [-0.05, 0) is 60.8 Å². The molecule has 2 heterocycles. The first-order chi connectivity index (χ1) is 16.2. The second-order valence-electron chi connectivity index (χ2n) is 9.37. The van der Waals surface area contributed by atoms with Gasteiger partial charge in [0.2, 0.25) is 0 Å². The summed E-state index contributed by atoms with van der Waals surface area (Å²) in [6, 6.07) is 29.8. The molecule has 3 atom stereocenters. The molecule has 1 aliphatic carbocycles. The van der Waals surface area contributed by atoms with Gasteiger partial charge in [-0.2, -0.15) is 0 Å². The van der Waals surface area contributed by atoms with Gasteiger partial charge in [0.1, 0.15) is 5.01 Å². The van der Waals surface area contributed by atoms with E-state index in [1.165, 1.54) is 51.6 Å². The van der Waals surface area contributed by atoms with Crippen LogP contribution in [-0.2, 0) is 0 Å². The van der Waals surface area contributed by atoms with Gasteiger partial charge in [-0.3, -0.25) is 4.67 Å². The molecule has 1 aromatic heterocycles. The largest absolute Gasteiger partial charge is 0.262 e. The maximum Gasteiger partial charge on any atom is 0.111 e. The highest BCUT2D eigenvalue weighted by molar-refractivity contribution is 7.71. The Morgan fingerprint density at radius 3 is 2.12 bits per heavy atom. The molecule has 1 aliphatic heterocycles. The number of aryl methyl sites for hydroxylation is 2. The molecule has 2 bridgehead atoms. The average Bonchev–Trinajstić information content (AvgIpc) is 3.59.